The predicted molar refractivity (Wildman–Crippen MR) is 75.0 cm³/mol. The summed E-state index contributed by atoms with van der Waals surface area (Å²) in [4.78, 5) is 0. The highest BCUT2D eigenvalue weighted by atomic mass is 35.5. The van der Waals surface area contributed by atoms with Crippen LogP contribution in [0.1, 0.15) is 17.2 Å². The summed E-state index contributed by atoms with van der Waals surface area (Å²) in [5.41, 5.74) is 0.158. The Morgan fingerprint density at radius 3 is 2.19 bits per heavy atom. The van der Waals surface area contributed by atoms with E-state index in [0.29, 0.717) is 0 Å². The third kappa shape index (κ3) is 3.09. The van der Waals surface area contributed by atoms with Gasteiger partial charge in [-0.05, 0) is 18.2 Å². The molecule has 112 valence electrons. The van der Waals surface area contributed by atoms with E-state index in [-0.39, 0.29) is 27.6 Å². The Bertz CT molecular complexity index is 662. The summed E-state index contributed by atoms with van der Waals surface area (Å²) in [5.74, 6) is -0.744. The fraction of sp³-hybridized carbons (Fsp3) is 0.200. The average Bonchev–Trinajstić information content (AvgIpc) is 2.46. The lowest BCUT2D eigenvalue weighted by Crippen LogP contribution is -2.05. The van der Waals surface area contributed by atoms with Crippen molar-refractivity contribution in [3.05, 3.63) is 58.1 Å². The van der Waals surface area contributed by atoms with Gasteiger partial charge in [0, 0.05) is 22.2 Å². The monoisotopic (exact) mass is 314 g/mol. The average molecular weight is 315 g/mol. The Morgan fingerprint density at radius 1 is 1.00 bits per heavy atom. The van der Waals surface area contributed by atoms with Gasteiger partial charge in [-0.25, -0.2) is 8.78 Å². The maximum absolute atomic E-state index is 14.1. The minimum atomic E-state index is -1.35. The zero-order valence-corrected chi connectivity index (χ0v) is 12.1. The van der Waals surface area contributed by atoms with E-state index in [1.807, 2.05) is 0 Å². The molecule has 0 aliphatic rings. The van der Waals surface area contributed by atoms with Gasteiger partial charge >= 0.3 is 0 Å². The SMILES string of the molecule is COc1cc(F)c(C(O)c2ccc(F)cc2Cl)cc1OC. The third-order valence-electron chi connectivity index (χ3n) is 3.05. The van der Waals surface area contributed by atoms with Crippen molar-refractivity contribution < 1.29 is 23.4 Å². The Hall–Kier alpha value is -1.85. The summed E-state index contributed by atoms with van der Waals surface area (Å²) in [6.45, 7) is 0. The van der Waals surface area contributed by atoms with E-state index >= 15 is 0 Å². The molecule has 0 aliphatic carbocycles. The number of aliphatic hydroxyl groups is 1. The predicted octanol–water partition coefficient (Wildman–Crippen LogP) is 3.72. The fourth-order valence-electron chi connectivity index (χ4n) is 1.97. The number of methoxy groups -OCH3 is 2. The number of hydrogen-bond donors (Lipinski definition) is 1. The minimum absolute atomic E-state index is 0.0108. The normalized spacial score (nSPS) is 12.1. The molecule has 3 nitrogen and oxygen atoms in total. The fourth-order valence-corrected chi connectivity index (χ4v) is 2.24. The molecular formula is C15H13ClF2O3. The Balaban J connectivity index is 2.50. The highest BCUT2D eigenvalue weighted by molar-refractivity contribution is 6.31. The number of ether oxygens (including phenoxy) is 2. The molecule has 1 unspecified atom stereocenters. The van der Waals surface area contributed by atoms with Gasteiger partial charge in [0.05, 0.1) is 14.2 Å². The lowest BCUT2D eigenvalue weighted by molar-refractivity contribution is 0.214. The second-order valence-corrected chi connectivity index (χ2v) is 4.70. The van der Waals surface area contributed by atoms with Crippen LogP contribution in [0.5, 0.6) is 11.5 Å². The van der Waals surface area contributed by atoms with Gasteiger partial charge in [-0.3, -0.25) is 0 Å². The summed E-state index contributed by atoms with van der Waals surface area (Å²) in [5, 5.41) is 10.3. The quantitative estimate of drug-likeness (QED) is 0.935. The molecule has 0 heterocycles. The number of aliphatic hydroxyl groups excluding tert-OH is 1. The zero-order valence-electron chi connectivity index (χ0n) is 11.4. The van der Waals surface area contributed by atoms with Crippen LogP contribution in [0.2, 0.25) is 5.02 Å². The number of benzene rings is 2. The molecule has 0 amide bonds. The second kappa shape index (κ2) is 6.28. The number of halogens is 3. The summed E-state index contributed by atoms with van der Waals surface area (Å²) in [6.07, 6.45) is -1.35. The van der Waals surface area contributed by atoms with Gasteiger partial charge in [0.2, 0.25) is 0 Å². The van der Waals surface area contributed by atoms with Crippen molar-refractivity contribution in [2.75, 3.05) is 14.2 Å². The van der Waals surface area contributed by atoms with Gasteiger partial charge in [0.25, 0.3) is 0 Å². The van der Waals surface area contributed by atoms with Crippen molar-refractivity contribution in [3.63, 3.8) is 0 Å². The summed E-state index contributed by atoms with van der Waals surface area (Å²) < 4.78 is 37.2. The largest absolute Gasteiger partial charge is 0.493 e. The standard InChI is InChI=1S/C15H13ClF2O3/c1-20-13-6-10(12(18)7-14(13)21-2)15(19)9-4-3-8(17)5-11(9)16/h3-7,15,19H,1-2H3. The molecule has 2 aromatic rings. The number of rotatable bonds is 4. The van der Waals surface area contributed by atoms with Crippen molar-refractivity contribution in [3.8, 4) is 11.5 Å². The number of hydrogen-bond acceptors (Lipinski definition) is 3. The molecule has 0 spiro atoms. The molecule has 21 heavy (non-hydrogen) atoms. The molecule has 2 rings (SSSR count). The Morgan fingerprint density at radius 2 is 1.62 bits per heavy atom. The van der Waals surface area contributed by atoms with Gasteiger partial charge < -0.3 is 14.6 Å². The molecule has 0 bridgehead atoms. The molecule has 2 aromatic carbocycles. The first kappa shape index (κ1) is 15.5. The van der Waals surface area contributed by atoms with Crippen LogP contribution in [-0.4, -0.2) is 19.3 Å². The maximum atomic E-state index is 14.1. The second-order valence-electron chi connectivity index (χ2n) is 4.30. The Kier molecular flexibility index (Phi) is 4.65. The van der Waals surface area contributed by atoms with E-state index in [2.05, 4.69) is 0 Å². The van der Waals surface area contributed by atoms with Crippen molar-refractivity contribution in [2.24, 2.45) is 0 Å². The van der Waals surface area contributed by atoms with Crippen LogP contribution in [0.25, 0.3) is 0 Å². The summed E-state index contributed by atoms with van der Waals surface area (Å²) in [7, 11) is 2.78. The first-order valence-corrected chi connectivity index (χ1v) is 6.40. The third-order valence-corrected chi connectivity index (χ3v) is 3.38. The van der Waals surface area contributed by atoms with Crippen molar-refractivity contribution in [1.29, 1.82) is 0 Å². The van der Waals surface area contributed by atoms with E-state index in [4.69, 9.17) is 21.1 Å². The molecule has 0 radical (unpaired) electrons. The van der Waals surface area contributed by atoms with Crippen LogP contribution in [0.4, 0.5) is 8.78 Å². The summed E-state index contributed by atoms with van der Waals surface area (Å²) >= 11 is 5.88. The highest BCUT2D eigenvalue weighted by Crippen LogP contribution is 2.36. The van der Waals surface area contributed by atoms with E-state index in [9.17, 15) is 13.9 Å². The van der Waals surface area contributed by atoms with E-state index in [0.717, 1.165) is 18.2 Å². The van der Waals surface area contributed by atoms with Crippen molar-refractivity contribution in [1.82, 2.24) is 0 Å². The zero-order chi connectivity index (χ0) is 15.6. The first-order valence-electron chi connectivity index (χ1n) is 6.02. The van der Waals surface area contributed by atoms with Crippen LogP contribution in [0.15, 0.2) is 30.3 Å². The summed E-state index contributed by atoms with van der Waals surface area (Å²) in [6, 6.07) is 5.92. The Labute approximate surface area is 125 Å². The highest BCUT2D eigenvalue weighted by Gasteiger charge is 2.21. The topological polar surface area (TPSA) is 38.7 Å². The molecule has 1 N–H and O–H groups in total. The molecular weight excluding hydrogens is 302 g/mol. The molecule has 0 saturated carbocycles. The first-order chi connectivity index (χ1) is 9.97. The van der Waals surface area contributed by atoms with Gasteiger partial charge in [0.15, 0.2) is 11.5 Å². The smallest absolute Gasteiger partial charge is 0.163 e. The van der Waals surface area contributed by atoms with Crippen LogP contribution in [0, 0.1) is 11.6 Å². The maximum Gasteiger partial charge on any atom is 0.163 e. The van der Waals surface area contributed by atoms with Crippen LogP contribution in [0.3, 0.4) is 0 Å². The van der Waals surface area contributed by atoms with Crippen LogP contribution >= 0.6 is 11.6 Å². The van der Waals surface area contributed by atoms with Gasteiger partial charge in [-0.1, -0.05) is 17.7 Å². The van der Waals surface area contributed by atoms with E-state index < -0.39 is 17.7 Å². The minimum Gasteiger partial charge on any atom is -0.493 e. The molecule has 0 aromatic heterocycles. The van der Waals surface area contributed by atoms with Gasteiger partial charge in [-0.15, -0.1) is 0 Å². The van der Waals surface area contributed by atoms with E-state index in [1.165, 1.54) is 26.4 Å². The molecule has 0 saturated heterocycles. The molecule has 0 fully saturated rings. The van der Waals surface area contributed by atoms with Crippen LogP contribution < -0.4 is 9.47 Å². The lowest BCUT2D eigenvalue weighted by atomic mass is 10.0. The van der Waals surface area contributed by atoms with Gasteiger partial charge in [-0.2, -0.15) is 0 Å². The lowest BCUT2D eigenvalue weighted by Gasteiger charge is -2.16. The molecule has 6 heteroatoms. The van der Waals surface area contributed by atoms with Crippen molar-refractivity contribution in [2.45, 2.75) is 6.10 Å². The molecule has 1 atom stereocenters. The molecule has 0 aliphatic heterocycles. The van der Waals surface area contributed by atoms with Crippen LogP contribution in [-0.2, 0) is 0 Å². The van der Waals surface area contributed by atoms with Gasteiger partial charge in [0.1, 0.15) is 17.7 Å². The van der Waals surface area contributed by atoms with E-state index in [1.54, 1.807) is 0 Å². The van der Waals surface area contributed by atoms with Crippen molar-refractivity contribution >= 4 is 11.6 Å².